The highest BCUT2D eigenvalue weighted by atomic mass is 35.5. The van der Waals surface area contributed by atoms with Crippen LogP contribution in [0.2, 0.25) is 0 Å². The third kappa shape index (κ3) is 4.86. The van der Waals surface area contributed by atoms with Crippen LogP contribution in [0.25, 0.3) is 0 Å². The molecule has 0 spiro atoms. The van der Waals surface area contributed by atoms with Crippen LogP contribution in [0.3, 0.4) is 0 Å². The van der Waals surface area contributed by atoms with E-state index in [0.717, 1.165) is 17.9 Å². The molecule has 0 saturated carbocycles. The molecule has 7 heteroatoms. The lowest BCUT2D eigenvalue weighted by atomic mass is 9.83. The molecule has 1 heterocycles. The second-order valence-corrected chi connectivity index (χ2v) is 6.23. The average Bonchev–Trinajstić information content (AvgIpc) is 2.61. The molecule has 1 aliphatic rings. The summed E-state index contributed by atoms with van der Waals surface area (Å²) in [6, 6.07) is 7.38. The summed E-state index contributed by atoms with van der Waals surface area (Å²) in [6.45, 7) is 1.40. The van der Waals surface area contributed by atoms with E-state index in [1.54, 1.807) is 24.0 Å². The van der Waals surface area contributed by atoms with E-state index in [4.69, 9.17) is 4.74 Å². The molecule has 2 unspecified atom stereocenters. The van der Waals surface area contributed by atoms with Crippen molar-refractivity contribution in [3.8, 4) is 5.75 Å². The second kappa shape index (κ2) is 9.63. The monoisotopic (exact) mass is 369 g/mol. The number of carbonyl (C=O) groups excluding carboxylic acids is 2. The number of nitrogens with zero attached hydrogens (tertiary/aromatic N) is 2. The van der Waals surface area contributed by atoms with Crippen molar-refractivity contribution in [2.45, 2.75) is 18.9 Å². The van der Waals surface area contributed by atoms with Gasteiger partial charge in [0, 0.05) is 33.6 Å². The summed E-state index contributed by atoms with van der Waals surface area (Å²) in [4.78, 5) is 28.5. The van der Waals surface area contributed by atoms with E-state index in [1.807, 2.05) is 38.4 Å². The van der Waals surface area contributed by atoms with Gasteiger partial charge in [0.1, 0.15) is 5.75 Å². The third-order valence-corrected chi connectivity index (χ3v) is 4.71. The Labute approximate surface area is 155 Å². The maximum absolute atomic E-state index is 12.9. The van der Waals surface area contributed by atoms with Crippen molar-refractivity contribution in [3.63, 3.8) is 0 Å². The van der Waals surface area contributed by atoms with Gasteiger partial charge in [-0.15, -0.1) is 12.4 Å². The summed E-state index contributed by atoms with van der Waals surface area (Å²) in [5.74, 6) is 0.712. The van der Waals surface area contributed by atoms with Gasteiger partial charge in [0.05, 0.1) is 19.1 Å². The van der Waals surface area contributed by atoms with Crippen LogP contribution in [-0.2, 0) is 9.59 Å². The van der Waals surface area contributed by atoms with Crippen molar-refractivity contribution in [2.75, 3.05) is 41.3 Å². The molecule has 1 N–H and O–H groups in total. The average molecular weight is 370 g/mol. The molecule has 0 bridgehead atoms. The first-order valence-electron chi connectivity index (χ1n) is 8.28. The zero-order chi connectivity index (χ0) is 17.7. The maximum Gasteiger partial charge on any atom is 0.227 e. The highest BCUT2D eigenvalue weighted by molar-refractivity contribution is 5.85. The number of hydrogen-bond donors (Lipinski definition) is 1. The number of benzene rings is 1. The largest absolute Gasteiger partial charge is 0.497 e. The van der Waals surface area contributed by atoms with Gasteiger partial charge < -0.3 is 19.9 Å². The molecule has 1 saturated heterocycles. The minimum Gasteiger partial charge on any atom is -0.497 e. The summed E-state index contributed by atoms with van der Waals surface area (Å²) in [5, 5.41) is 3.06. The van der Waals surface area contributed by atoms with Crippen LogP contribution in [0, 0.1) is 5.92 Å². The maximum atomic E-state index is 12.9. The Kier molecular flexibility index (Phi) is 8.19. The van der Waals surface area contributed by atoms with E-state index >= 15 is 0 Å². The number of likely N-dealkylation sites (N-methyl/N-ethyl adjacent to an activating group) is 2. The molecule has 140 valence electrons. The molecule has 1 aromatic rings. The van der Waals surface area contributed by atoms with Crippen LogP contribution in [0.1, 0.15) is 24.4 Å². The van der Waals surface area contributed by atoms with Crippen LogP contribution in [0.4, 0.5) is 0 Å². The molecule has 2 atom stereocenters. The number of halogens is 1. The van der Waals surface area contributed by atoms with E-state index in [-0.39, 0.29) is 36.2 Å². The van der Waals surface area contributed by atoms with Crippen molar-refractivity contribution in [3.05, 3.63) is 29.8 Å². The summed E-state index contributed by atoms with van der Waals surface area (Å²) < 4.78 is 5.20. The fourth-order valence-electron chi connectivity index (χ4n) is 3.23. The van der Waals surface area contributed by atoms with E-state index in [2.05, 4.69) is 5.32 Å². The molecule has 0 radical (unpaired) electrons. The minimum atomic E-state index is -0.235. The Morgan fingerprint density at radius 2 is 2.00 bits per heavy atom. The lowest BCUT2D eigenvalue weighted by Gasteiger charge is -2.40. The van der Waals surface area contributed by atoms with Gasteiger partial charge >= 0.3 is 0 Å². The summed E-state index contributed by atoms with van der Waals surface area (Å²) in [7, 11) is 7.09. The summed E-state index contributed by atoms with van der Waals surface area (Å²) in [5.41, 5.74) is 0.965. The first-order valence-corrected chi connectivity index (χ1v) is 8.28. The molecule has 6 nitrogen and oxygen atoms in total. The number of rotatable bonds is 6. The van der Waals surface area contributed by atoms with E-state index < -0.39 is 0 Å². The van der Waals surface area contributed by atoms with E-state index in [1.165, 1.54) is 0 Å². The number of piperidine rings is 1. The molecular weight excluding hydrogens is 342 g/mol. The van der Waals surface area contributed by atoms with Crippen molar-refractivity contribution in [1.82, 2.24) is 15.1 Å². The molecule has 2 rings (SSSR count). The minimum absolute atomic E-state index is 0. The van der Waals surface area contributed by atoms with Gasteiger partial charge in [-0.3, -0.25) is 9.59 Å². The van der Waals surface area contributed by atoms with Gasteiger partial charge in [-0.2, -0.15) is 0 Å². The van der Waals surface area contributed by atoms with Crippen molar-refractivity contribution in [1.29, 1.82) is 0 Å². The van der Waals surface area contributed by atoms with Crippen molar-refractivity contribution >= 4 is 24.2 Å². The number of amides is 2. The number of hydrogen-bond acceptors (Lipinski definition) is 4. The Hall–Kier alpha value is -1.79. The van der Waals surface area contributed by atoms with Gasteiger partial charge in [-0.1, -0.05) is 12.1 Å². The topological polar surface area (TPSA) is 61.9 Å². The number of nitrogens with one attached hydrogen (secondary N) is 1. The van der Waals surface area contributed by atoms with Crippen LogP contribution < -0.4 is 10.1 Å². The number of methoxy groups -OCH3 is 1. The molecule has 0 aromatic heterocycles. The molecule has 1 aromatic carbocycles. The lowest BCUT2D eigenvalue weighted by molar-refractivity contribution is -0.145. The van der Waals surface area contributed by atoms with Crippen LogP contribution in [0.5, 0.6) is 5.75 Å². The number of ether oxygens (including phenoxy) is 1. The highest BCUT2D eigenvalue weighted by Crippen LogP contribution is 2.37. The molecular formula is C18H28ClN3O3. The summed E-state index contributed by atoms with van der Waals surface area (Å²) >= 11 is 0. The Morgan fingerprint density at radius 3 is 2.56 bits per heavy atom. The number of carbonyl (C=O) groups is 2. The molecule has 0 aliphatic carbocycles. The SMILES string of the molecule is CNCCN(C)C(=O)C1CCC(=O)N(C)C1c1ccc(OC)cc1.Cl. The Bertz CT molecular complexity index is 579. The molecule has 2 amide bonds. The molecule has 25 heavy (non-hydrogen) atoms. The molecule has 1 fully saturated rings. The first-order chi connectivity index (χ1) is 11.5. The third-order valence-electron chi connectivity index (χ3n) is 4.71. The van der Waals surface area contributed by atoms with Crippen LogP contribution in [-0.4, -0.2) is 63.0 Å². The predicted molar refractivity (Wildman–Crippen MR) is 100 cm³/mol. The fraction of sp³-hybridized carbons (Fsp3) is 0.556. The lowest BCUT2D eigenvalue weighted by Crippen LogP contribution is -2.47. The van der Waals surface area contributed by atoms with Gasteiger partial charge in [0.2, 0.25) is 11.8 Å². The zero-order valence-electron chi connectivity index (χ0n) is 15.3. The predicted octanol–water partition coefficient (Wildman–Crippen LogP) is 1.70. The van der Waals surface area contributed by atoms with Crippen molar-refractivity contribution < 1.29 is 14.3 Å². The van der Waals surface area contributed by atoms with E-state index in [0.29, 0.717) is 19.4 Å². The molecule has 1 aliphatic heterocycles. The van der Waals surface area contributed by atoms with Gasteiger partial charge in [-0.25, -0.2) is 0 Å². The van der Waals surface area contributed by atoms with Gasteiger partial charge in [-0.05, 0) is 31.2 Å². The van der Waals surface area contributed by atoms with Gasteiger partial charge in [0.15, 0.2) is 0 Å². The fourth-order valence-corrected chi connectivity index (χ4v) is 3.23. The quantitative estimate of drug-likeness (QED) is 0.829. The van der Waals surface area contributed by atoms with Crippen LogP contribution >= 0.6 is 12.4 Å². The van der Waals surface area contributed by atoms with Gasteiger partial charge in [0.25, 0.3) is 0 Å². The number of likely N-dealkylation sites (tertiary alicyclic amines) is 1. The summed E-state index contributed by atoms with van der Waals surface area (Å²) in [6.07, 6.45) is 1.00. The first kappa shape index (κ1) is 21.3. The Balaban J connectivity index is 0.00000312. The van der Waals surface area contributed by atoms with Crippen LogP contribution in [0.15, 0.2) is 24.3 Å². The van der Waals surface area contributed by atoms with Crippen molar-refractivity contribution in [2.24, 2.45) is 5.92 Å². The standard InChI is InChI=1S/C18H27N3O3.ClH/c1-19-11-12-20(2)18(23)15-9-10-16(22)21(3)17(15)13-5-7-14(24-4)8-6-13;/h5-8,15,17,19H,9-12H2,1-4H3;1H. The van der Waals surface area contributed by atoms with E-state index in [9.17, 15) is 9.59 Å². The second-order valence-electron chi connectivity index (χ2n) is 6.23. The highest BCUT2D eigenvalue weighted by Gasteiger charge is 2.39. The zero-order valence-corrected chi connectivity index (χ0v) is 16.1. The normalized spacial score (nSPS) is 20.0. The Morgan fingerprint density at radius 1 is 1.36 bits per heavy atom. The smallest absolute Gasteiger partial charge is 0.227 e.